The van der Waals surface area contributed by atoms with Gasteiger partial charge in [0.2, 0.25) is 0 Å². The van der Waals surface area contributed by atoms with Crippen molar-refractivity contribution in [3.63, 3.8) is 0 Å². The Morgan fingerprint density at radius 2 is 2.13 bits per heavy atom. The lowest BCUT2D eigenvalue weighted by atomic mass is 10.2. The van der Waals surface area contributed by atoms with E-state index in [9.17, 15) is 5.11 Å². The summed E-state index contributed by atoms with van der Waals surface area (Å²) in [6.45, 7) is 3.88. The molecule has 0 fully saturated rings. The molecule has 0 aliphatic carbocycles. The third-order valence-corrected chi connectivity index (χ3v) is 2.65. The molecule has 0 aliphatic heterocycles. The van der Waals surface area contributed by atoms with E-state index < -0.39 is 0 Å². The molecule has 0 saturated heterocycles. The van der Waals surface area contributed by atoms with Gasteiger partial charge in [0, 0.05) is 30.2 Å². The molecule has 0 unspecified atom stereocenters. The molecule has 3 heteroatoms. The summed E-state index contributed by atoms with van der Waals surface area (Å²) < 4.78 is 2.21. The molecule has 0 spiro atoms. The van der Waals surface area contributed by atoms with Gasteiger partial charge >= 0.3 is 0 Å². The smallest absolute Gasteiger partial charge is 0.117 e. The van der Waals surface area contributed by atoms with Crippen LogP contribution in [0.15, 0.2) is 24.3 Å². The highest BCUT2D eigenvalue weighted by molar-refractivity contribution is 5.82. The van der Waals surface area contributed by atoms with Gasteiger partial charge in [-0.3, -0.25) is 0 Å². The first-order valence-electron chi connectivity index (χ1n) is 5.22. The van der Waals surface area contributed by atoms with E-state index in [1.54, 1.807) is 6.07 Å². The van der Waals surface area contributed by atoms with Gasteiger partial charge in [-0.1, -0.05) is 0 Å². The Morgan fingerprint density at radius 3 is 2.80 bits per heavy atom. The van der Waals surface area contributed by atoms with Gasteiger partial charge in [-0.05, 0) is 32.2 Å². The van der Waals surface area contributed by atoms with Gasteiger partial charge in [-0.2, -0.15) is 0 Å². The lowest BCUT2D eigenvalue weighted by Gasteiger charge is -2.07. The Labute approximate surface area is 89.3 Å². The van der Waals surface area contributed by atoms with Gasteiger partial charge in [-0.15, -0.1) is 0 Å². The average molecular weight is 204 g/mol. The van der Waals surface area contributed by atoms with Gasteiger partial charge < -0.3 is 15.0 Å². The van der Waals surface area contributed by atoms with Crippen LogP contribution in [0.3, 0.4) is 0 Å². The third-order valence-electron chi connectivity index (χ3n) is 2.65. The minimum Gasteiger partial charge on any atom is -0.508 e. The summed E-state index contributed by atoms with van der Waals surface area (Å²) in [5.41, 5.74) is 2.35. The number of nitrogens with zero attached hydrogens (tertiary/aromatic N) is 1. The summed E-state index contributed by atoms with van der Waals surface area (Å²) in [5, 5.41) is 13.8. The molecule has 3 nitrogen and oxygen atoms in total. The number of rotatable bonds is 3. The number of benzene rings is 1. The largest absolute Gasteiger partial charge is 0.508 e. The molecule has 0 atom stereocenters. The number of phenols is 1. The summed E-state index contributed by atoms with van der Waals surface area (Å²) in [6, 6.07) is 7.66. The van der Waals surface area contributed by atoms with E-state index in [0.717, 1.165) is 18.6 Å². The Kier molecular flexibility index (Phi) is 2.64. The van der Waals surface area contributed by atoms with Crippen molar-refractivity contribution in [3.05, 3.63) is 30.0 Å². The van der Waals surface area contributed by atoms with Crippen molar-refractivity contribution in [1.82, 2.24) is 9.88 Å². The second-order valence-electron chi connectivity index (χ2n) is 3.65. The fraction of sp³-hybridized carbons (Fsp3) is 0.333. The van der Waals surface area contributed by atoms with Crippen LogP contribution in [-0.4, -0.2) is 16.7 Å². The molecule has 1 aromatic carbocycles. The number of aryl methyl sites for hydroxylation is 1. The monoisotopic (exact) mass is 204 g/mol. The predicted octanol–water partition coefficient (Wildman–Crippen LogP) is 2.09. The molecule has 2 rings (SSSR count). The number of nitrogens with one attached hydrogen (secondary N) is 1. The predicted molar refractivity (Wildman–Crippen MR) is 62.0 cm³/mol. The molecule has 15 heavy (non-hydrogen) atoms. The normalized spacial score (nSPS) is 11.1. The van der Waals surface area contributed by atoms with Crippen molar-refractivity contribution in [3.8, 4) is 5.75 Å². The molecule has 1 heterocycles. The van der Waals surface area contributed by atoms with Crippen LogP contribution in [0.1, 0.15) is 12.6 Å². The SMILES string of the molecule is CCn1c(CNC)cc2ccc(O)cc21. The zero-order chi connectivity index (χ0) is 10.8. The maximum Gasteiger partial charge on any atom is 0.117 e. The Morgan fingerprint density at radius 1 is 1.33 bits per heavy atom. The molecule has 2 N–H and O–H groups in total. The Bertz CT molecular complexity index is 474. The summed E-state index contributed by atoms with van der Waals surface area (Å²) >= 11 is 0. The van der Waals surface area contributed by atoms with Crippen LogP contribution in [0.5, 0.6) is 5.75 Å². The van der Waals surface area contributed by atoms with Gasteiger partial charge in [0.05, 0.1) is 5.52 Å². The fourth-order valence-electron chi connectivity index (χ4n) is 2.00. The first-order chi connectivity index (χ1) is 7.26. The van der Waals surface area contributed by atoms with E-state index in [-0.39, 0.29) is 0 Å². The molecule has 0 amide bonds. The van der Waals surface area contributed by atoms with Crippen LogP contribution >= 0.6 is 0 Å². The molecule has 0 bridgehead atoms. The lowest BCUT2D eigenvalue weighted by molar-refractivity contribution is 0.476. The Hall–Kier alpha value is -1.48. The summed E-state index contributed by atoms with van der Waals surface area (Å²) in [4.78, 5) is 0. The lowest BCUT2D eigenvalue weighted by Crippen LogP contribution is -2.10. The second kappa shape index (κ2) is 3.95. The second-order valence-corrected chi connectivity index (χ2v) is 3.65. The summed E-state index contributed by atoms with van der Waals surface area (Å²) in [5.74, 6) is 0.325. The maximum atomic E-state index is 9.46. The van der Waals surface area contributed by atoms with Gasteiger partial charge in [0.15, 0.2) is 0 Å². The average Bonchev–Trinajstić information content (AvgIpc) is 2.55. The van der Waals surface area contributed by atoms with Crippen molar-refractivity contribution in [1.29, 1.82) is 0 Å². The van der Waals surface area contributed by atoms with Crippen molar-refractivity contribution in [2.24, 2.45) is 0 Å². The first kappa shape index (κ1) is 10.1. The highest BCUT2D eigenvalue weighted by atomic mass is 16.3. The third kappa shape index (κ3) is 1.70. The van der Waals surface area contributed by atoms with Crippen molar-refractivity contribution >= 4 is 10.9 Å². The quantitative estimate of drug-likeness (QED) is 0.803. The zero-order valence-corrected chi connectivity index (χ0v) is 9.12. The van der Waals surface area contributed by atoms with Crippen molar-refractivity contribution in [2.75, 3.05) is 7.05 Å². The topological polar surface area (TPSA) is 37.2 Å². The number of hydrogen-bond donors (Lipinski definition) is 2. The van der Waals surface area contributed by atoms with Crippen LogP contribution < -0.4 is 5.32 Å². The molecule has 0 aliphatic rings. The fourth-order valence-corrected chi connectivity index (χ4v) is 2.00. The van der Waals surface area contributed by atoms with E-state index in [1.165, 1.54) is 11.1 Å². The minimum atomic E-state index is 0.325. The molecular formula is C12H16N2O. The zero-order valence-electron chi connectivity index (χ0n) is 9.12. The van der Waals surface area contributed by atoms with E-state index in [1.807, 2.05) is 19.2 Å². The maximum absolute atomic E-state index is 9.46. The van der Waals surface area contributed by atoms with Crippen molar-refractivity contribution in [2.45, 2.75) is 20.0 Å². The Balaban J connectivity index is 2.63. The van der Waals surface area contributed by atoms with Crippen LogP contribution in [0.4, 0.5) is 0 Å². The number of fused-ring (bicyclic) bond motifs is 1. The summed E-state index contributed by atoms with van der Waals surface area (Å²) in [6.07, 6.45) is 0. The van der Waals surface area contributed by atoms with Crippen molar-refractivity contribution < 1.29 is 5.11 Å². The molecule has 80 valence electrons. The van der Waals surface area contributed by atoms with Crippen LogP contribution in [0.25, 0.3) is 10.9 Å². The molecule has 0 radical (unpaired) electrons. The van der Waals surface area contributed by atoms with Gasteiger partial charge in [-0.25, -0.2) is 0 Å². The van der Waals surface area contributed by atoms with E-state index in [0.29, 0.717) is 5.75 Å². The van der Waals surface area contributed by atoms with Crippen LogP contribution in [-0.2, 0) is 13.1 Å². The number of aromatic nitrogens is 1. The molecule has 0 saturated carbocycles. The molecular weight excluding hydrogens is 188 g/mol. The van der Waals surface area contributed by atoms with Gasteiger partial charge in [0.25, 0.3) is 0 Å². The highest BCUT2D eigenvalue weighted by Crippen LogP contribution is 2.23. The number of aromatic hydroxyl groups is 1. The number of hydrogen-bond acceptors (Lipinski definition) is 2. The van der Waals surface area contributed by atoms with Crippen LogP contribution in [0.2, 0.25) is 0 Å². The molecule has 1 aromatic heterocycles. The van der Waals surface area contributed by atoms with E-state index in [2.05, 4.69) is 22.9 Å². The number of phenolic OH excluding ortho intramolecular Hbond substituents is 1. The van der Waals surface area contributed by atoms with E-state index in [4.69, 9.17) is 0 Å². The highest BCUT2D eigenvalue weighted by Gasteiger charge is 2.06. The van der Waals surface area contributed by atoms with E-state index >= 15 is 0 Å². The standard InChI is InChI=1S/C12H16N2O/c1-3-14-10(8-13-2)6-9-4-5-11(15)7-12(9)14/h4-7,13,15H,3,8H2,1-2H3. The van der Waals surface area contributed by atoms with Gasteiger partial charge in [0.1, 0.15) is 5.75 Å². The molecule has 2 aromatic rings. The first-order valence-corrected chi connectivity index (χ1v) is 5.22. The van der Waals surface area contributed by atoms with Crippen LogP contribution in [0, 0.1) is 0 Å². The summed E-state index contributed by atoms with van der Waals surface area (Å²) in [7, 11) is 1.94. The minimum absolute atomic E-state index is 0.325.